The molecule has 0 saturated carbocycles. The van der Waals surface area contributed by atoms with Crippen molar-refractivity contribution in [2.45, 2.75) is 26.1 Å². The Hall–Kier alpha value is -1.10. The van der Waals surface area contributed by atoms with Crippen molar-refractivity contribution in [1.82, 2.24) is 4.90 Å². The SMILES string of the molecule is Cc1ccc(C(=O)N2CC(C)OC(CO)C2)c(Cl)c1. The molecule has 0 radical (unpaired) electrons. The Morgan fingerprint density at radius 3 is 2.89 bits per heavy atom. The van der Waals surface area contributed by atoms with Crippen molar-refractivity contribution < 1.29 is 14.6 Å². The highest BCUT2D eigenvalue weighted by molar-refractivity contribution is 6.33. The third-order valence-corrected chi connectivity index (χ3v) is 3.48. The van der Waals surface area contributed by atoms with Crippen LogP contribution in [0.15, 0.2) is 18.2 Å². The summed E-state index contributed by atoms with van der Waals surface area (Å²) < 4.78 is 5.52. The first-order valence-electron chi connectivity index (χ1n) is 6.33. The van der Waals surface area contributed by atoms with E-state index in [1.54, 1.807) is 17.0 Å². The van der Waals surface area contributed by atoms with E-state index in [-0.39, 0.29) is 24.7 Å². The minimum atomic E-state index is -0.322. The zero-order chi connectivity index (χ0) is 14.0. The number of ether oxygens (including phenoxy) is 1. The molecule has 1 amide bonds. The smallest absolute Gasteiger partial charge is 0.255 e. The van der Waals surface area contributed by atoms with Gasteiger partial charge in [-0.1, -0.05) is 17.7 Å². The molecular weight excluding hydrogens is 266 g/mol. The summed E-state index contributed by atoms with van der Waals surface area (Å²) in [6.07, 6.45) is -0.406. The number of nitrogens with zero attached hydrogens (tertiary/aromatic N) is 1. The summed E-state index contributed by atoms with van der Waals surface area (Å²) in [6.45, 7) is 4.64. The normalized spacial score (nSPS) is 23.5. The quantitative estimate of drug-likeness (QED) is 0.901. The monoisotopic (exact) mass is 283 g/mol. The van der Waals surface area contributed by atoms with Crippen LogP contribution < -0.4 is 0 Å². The molecule has 2 unspecified atom stereocenters. The number of benzene rings is 1. The van der Waals surface area contributed by atoms with Crippen molar-refractivity contribution >= 4 is 17.5 Å². The Labute approximate surface area is 117 Å². The lowest BCUT2D eigenvalue weighted by Crippen LogP contribution is -2.50. The van der Waals surface area contributed by atoms with E-state index in [0.717, 1.165) is 5.56 Å². The summed E-state index contributed by atoms with van der Waals surface area (Å²) in [5.41, 5.74) is 1.52. The van der Waals surface area contributed by atoms with Crippen LogP contribution in [0.25, 0.3) is 0 Å². The molecule has 4 nitrogen and oxygen atoms in total. The van der Waals surface area contributed by atoms with E-state index in [1.165, 1.54) is 0 Å². The molecule has 2 rings (SSSR count). The zero-order valence-electron chi connectivity index (χ0n) is 11.1. The van der Waals surface area contributed by atoms with Gasteiger partial charge in [-0.3, -0.25) is 4.79 Å². The van der Waals surface area contributed by atoms with Crippen molar-refractivity contribution in [2.75, 3.05) is 19.7 Å². The molecule has 0 aromatic heterocycles. The molecule has 1 fully saturated rings. The number of morpholine rings is 1. The zero-order valence-corrected chi connectivity index (χ0v) is 11.9. The second-order valence-electron chi connectivity index (χ2n) is 4.94. The Morgan fingerprint density at radius 1 is 1.53 bits per heavy atom. The number of rotatable bonds is 2. The van der Waals surface area contributed by atoms with Gasteiger partial charge in [-0.05, 0) is 31.5 Å². The number of aryl methyl sites for hydroxylation is 1. The molecule has 1 N–H and O–H groups in total. The Morgan fingerprint density at radius 2 is 2.26 bits per heavy atom. The van der Waals surface area contributed by atoms with Gasteiger partial charge in [-0.25, -0.2) is 0 Å². The van der Waals surface area contributed by atoms with E-state index < -0.39 is 0 Å². The van der Waals surface area contributed by atoms with Gasteiger partial charge in [0.1, 0.15) is 0 Å². The molecule has 1 aliphatic rings. The number of carbonyl (C=O) groups excluding carboxylic acids is 1. The highest BCUT2D eigenvalue weighted by Crippen LogP contribution is 2.21. The van der Waals surface area contributed by atoms with Crippen LogP contribution >= 0.6 is 11.6 Å². The van der Waals surface area contributed by atoms with Crippen LogP contribution in [0.1, 0.15) is 22.8 Å². The topological polar surface area (TPSA) is 49.8 Å². The summed E-state index contributed by atoms with van der Waals surface area (Å²) >= 11 is 6.12. The van der Waals surface area contributed by atoms with Gasteiger partial charge in [0.15, 0.2) is 0 Å². The molecule has 1 aromatic rings. The van der Waals surface area contributed by atoms with E-state index >= 15 is 0 Å². The minimum absolute atomic E-state index is 0.0842. The molecule has 2 atom stereocenters. The predicted octanol–water partition coefficient (Wildman–Crippen LogP) is 1.87. The lowest BCUT2D eigenvalue weighted by atomic mass is 10.1. The highest BCUT2D eigenvalue weighted by Gasteiger charge is 2.29. The molecule has 1 aliphatic heterocycles. The average Bonchev–Trinajstić information content (AvgIpc) is 2.37. The number of aliphatic hydroxyl groups is 1. The van der Waals surface area contributed by atoms with Crippen molar-refractivity contribution in [1.29, 1.82) is 0 Å². The van der Waals surface area contributed by atoms with Crippen LogP contribution in [0.2, 0.25) is 5.02 Å². The first-order valence-corrected chi connectivity index (χ1v) is 6.70. The van der Waals surface area contributed by atoms with Crippen LogP contribution in [0.3, 0.4) is 0 Å². The van der Waals surface area contributed by atoms with Crippen LogP contribution in [0.5, 0.6) is 0 Å². The van der Waals surface area contributed by atoms with Gasteiger partial charge in [0.2, 0.25) is 0 Å². The fourth-order valence-corrected chi connectivity index (χ4v) is 2.59. The second-order valence-corrected chi connectivity index (χ2v) is 5.35. The van der Waals surface area contributed by atoms with Gasteiger partial charge < -0.3 is 14.7 Å². The van der Waals surface area contributed by atoms with E-state index in [4.69, 9.17) is 16.3 Å². The largest absolute Gasteiger partial charge is 0.394 e. The lowest BCUT2D eigenvalue weighted by molar-refractivity contribution is -0.0858. The first-order chi connectivity index (χ1) is 9.01. The van der Waals surface area contributed by atoms with E-state index in [0.29, 0.717) is 23.7 Å². The van der Waals surface area contributed by atoms with Crippen molar-refractivity contribution in [3.8, 4) is 0 Å². The Kier molecular flexibility index (Phi) is 4.45. The molecule has 1 saturated heterocycles. The maximum Gasteiger partial charge on any atom is 0.255 e. The Bertz CT molecular complexity index is 478. The number of hydrogen-bond donors (Lipinski definition) is 1. The van der Waals surface area contributed by atoms with Gasteiger partial charge >= 0.3 is 0 Å². The number of hydrogen-bond acceptors (Lipinski definition) is 3. The second kappa shape index (κ2) is 5.90. The molecule has 0 spiro atoms. The minimum Gasteiger partial charge on any atom is -0.394 e. The highest BCUT2D eigenvalue weighted by atomic mass is 35.5. The molecule has 104 valence electrons. The lowest BCUT2D eigenvalue weighted by Gasteiger charge is -2.36. The molecule has 1 heterocycles. The number of aliphatic hydroxyl groups excluding tert-OH is 1. The van der Waals surface area contributed by atoms with Crippen molar-refractivity contribution in [3.05, 3.63) is 34.3 Å². The van der Waals surface area contributed by atoms with Crippen LogP contribution in [-0.2, 0) is 4.74 Å². The molecule has 19 heavy (non-hydrogen) atoms. The summed E-state index contributed by atoms with van der Waals surface area (Å²) in [5.74, 6) is -0.112. The maximum absolute atomic E-state index is 12.4. The van der Waals surface area contributed by atoms with E-state index in [9.17, 15) is 9.90 Å². The first kappa shape index (κ1) is 14.3. The van der Waals surface area contributed by atoms with Crippen LogP contribution in [0.4, 0.5) is 0 Å². The summed E-state index contributed by atoms with van der Waals surface area (Å²) in [5, 5.41) is 9.64. The summed E-state index contributed by atoms with van der Waals surface area (Å²) in [7, 11) is 0. The summed E-state index contributed by atoms with van der Waals surface area (Å²) in [4.78, 5) is 14.1. The van der Waals surface area contributed by atoms with Gasteiger partial charge in [0.25, 0.3) is 5.91 Å². The fraction of sp³-hybridized carbons (Fsp3) is 0.500. The standard InChI is InChI=1S/C14H18ClNO3/c1-9-3-4-12(13(15)5-9)14(18)16-6-10(2)19-11(7-16)8-17/h3-5,10-11,17H,6-8H2,1-2H3. The molecule has 5 heteroatoms. The number of amides is 1. The van der Waals surface area contributed by atoms with Gasteiger partial charge in [-0.2, -0.15) is 0 Å². The number of carbonyl (C=O) groups is 1. The molecular formula is C14H18ClNO3. The fourth-order valence-electron chi connectivity index (χ4n) is 2.28. The Balaban J connectivity index is 2.18. The maximum atomic E-state index is 12.4. The number of halogens is 1. The van der Waals surface area contributed by atoms with Crippen molar-refractivity contribution in [3.63, 3.8) is 0 Å². The van der Waals surface area contributed by atoms with Crippen LogP contribution in [-0.4, -0.2) is 47.8 Å². The third-order valence-electron chi connectivity index (χ3n) is 3.17. The van der Waals surface area contributed by atoms with E-state index in [2.05, 4.69) is 0 Å². The van der Waals surface area contributed by atoms with Gasteiger partial charge in [0.05, 0.1) is 29.4 Å². The van der Waals surface area contributed by atoms with Crippen molar-refractivity contribution in [2.24, 2.45) is 0 Å². The van der Waals surface area contributed by atoms with Crippen LogP contribution in [0, 0.1) is 6.92 Å². The predicted molar refractivity (Wildman–Crippen MR) is 73.5 cm³/mol. The average molecular weight is 284 g/mol. The molecule has 0 bridgehead atoms. The molecule has 0 aliphatic carbocycles. The summed E-state index contributed by atoms with van der Waals surface area (Å²) in [6, 6.07) is 5.39. The van der Waals surface area contributed by atoms with Gasteiger partial charge in [0, 0.05) is 13.1 Å². The molecule has 1 aromatic carbocycles. The van der Waals surface area contributed by atoms with Gasteiger partial charge in [-0.15, -0.1) is 0 Å². The van der Waals surface area contributed by atoms with E-state index in [1.807, 2.05) is 19.9 Å². The third kappa shape index (κ3) is 3.26.